The van der Waals surface area contributed by atoms with Crippen molar-refractivity contribution in [1.82, 2.24) is 0 Å². The number of allylic oxidation sites excluding steroid dienone is 1. The van der Waals surface area contributed by atoms with Crippen LogP contribution in [0, 0.1) is 10.1 Å². The first-order valence-electron chi connectivity index (χ1n) is 3.14. The molecule has 2 N–H and O–H groups in total. The quantitative estimate of drug-likeness (QED) is 0.260. The number of nitrogens with zero attached hydrogens (tertiary/aromatic N) is 1. The van der Waals surface area contributed by atoms with Gasteiger partial charge in [-0.25, -0.2) is 5.26 Å². The minimum absolute atomic E-state index is 0.509. The number of hydrogen-bond acceptors (Lipinski definition) is 6. The molecule has 0 unspecified atom stereocenters. The number of carbonyl (C=O) groups excluding carboxylic acids is 1. The van der Waals surface area contributed by atoms with Crippen LogP contribution in [-0.2, 0) is 9.68 Å². The normalized spacial score (nSPS) is 27.2. The van der Waals surface area contributed by atoms with E-state index in [1.165, 1.54) is 0 Å². The lowest BCUT2D eigenvalue weighted by Gasteiger charge is -2.18. The lowest BCUT2D eigenvalue weighted by molar-refractivity contribution is -0.424. The summed E-state index contributed by atoms with van der Waals surface area (Å²) in [6, 6.07) is 0. The number of nitro groups is 1. The summed E-state index contributed by atoms with van der Waals surface area (Å²) in [7, 11) is 0. The van der Waals surface area contributed by atoms with Crippen LogP contribution < -0.4 is 0 Å². The van der Waals surface area contributed by atoms with Gasteiger partial charge in [0.25, 0.3) is 11.5 Å². The van der Waals surface area contributed by atoms with Crippen molar-refractivity contribution in [3.63, 3.8) is 0 Å². The molecule has 0 radical (unpaired) electrons. The smallest absolute Gasteiger partial charge is 0.288 e. The molecule has 0 aromatic heterocycles. The molecule has 1 rings (SSSR count). The van der Waals surface area contributed by atoms with Gasteiger partial charge in [0.15, 0.2) is 0 Å². The largest absolute Gasteiger partial charge is 0.354 e. The van der Waals surface area contributed by atoms with E-state index in [-0.39, 0.29) is 0 Å². The first kappa shape index (κ1) is 9.52. The molecule has 0 fully saturated rings. The topological polar surface area (TPSA) is 110 Å². The molecule has 0 spiro atoms. The SMILES string of the molecule is O=C1C=CC([N+](=O)[O-])=C[C@]1(O)OO. The molecule has 7 heteroatoms. The Morgan fingerprint density at radius 2 is 2.15 bits per heavy atom. The zero-order chi connectivity index (χ0) is 10.1. The summed E-state index contributed by atoms with van der Waals surface area (Å²) in [5.74, 6) is -3.63. The van der Waals surface area contributed by atoms with Crippen molar-refractivity contribution in [1.29, 1.82) is 0 Å². The maximum Gasteiger partial charge on any atom is 0.288 e. The molecule has 0 aromatic carbocycles. The molecular weight excluding hydrogens is 182 g/mol. The maximum atomic E-state index is 10.8. The molecule has 0 saturated heterocycles. The van der Waals surface area contributed by atoms with Gasteiger partial charge in [-0.3, -0.25) is 14.9 Å². The molecule has 13 heavy (non-hydrogen) atoms. The van der Waals surface area contributed by atoms with Gasteiger partial charge in [0.05, 0.1) is 11.0 Å². The van der Waals surface area contributed by atoms with E-state index in [4.69, 9.17) is 10.4 Å². The first-order chi connectivity index (χ1) is 5.99. The molecule has 0 saturated carbocycles. The second-order valence-corrected chi connectivity index (χ2v) is 2.31. The lowest BCUT2D eigenvalue weighted by atomic mass is 10.1. The molecule has 0 bridgehead atoms. The fraction of sp³-hybridized carbons (Fsp3) is 0.167. The molecule has 1 aliphatic rings. The van der Waals surface area contributed by atoms with Crippen LogP contribution in [0.5, 0.6) is 0 Å². The summed E-state index contributed by atoms with van der Waals surface area (Å²) in [4.78, 5) is 23.6. The Hall–Kier alpha value is -1.57. The zero-order valence-electron chi connectivity index (χ0n) is 6.21. The molecule has 0 aliphatic heterocycles. The number of rotatable bonds is 2. The van der Waals surface area contributed by atoms with Crippen molar-refractivity contribution in [2.45, 2.75) is 5.79 Å². The minimum atomic E-state index is -2.64. The van der Waals surface area contributed by atoms with E-state index < -0.39 is 22.2 Å². The molecule has 1 aliphatic carbocycles. The van der Waals surface area contributed by atoms with E-state index in [1.807, 2.05) is 0 Å². The summed E-state index contributed by atoms with van der Waals surface area (Å²) in [5, 5.41) is 27.5. The fourth-order valence-corrected chi connectivity index (χ4v) is 0.785. The highest BCUT2D eigenvalue weighted by molar-refractivity contribution is 5.98. The van der Waals surface area contributed by atoms with Crippen molar-refractivity contribution >= 4 is 5.78 Å². The zero-order valence-corrected chi connectivity index (χ0v) is 6.21. The Kier molecular flexibility index (Phi) is 2.24. The van der Waals surface area contributed by atoms with Crippen molar-refractivity contribution < 1.29 is 25.0 Å². The monoisotopic (exact) mass is 187 g/mol. The van der Waals surface area contributed by atoms with Crippen LogP contribution in [-0.4, -0.2) is 26.9 Å². The van der Waals surface area contributed by atoms with Gasteiger partial charge in [-0.2, -0.15) is 4.89 Å². The van der Waals surface area contributed by atoms with Gasteiger partial charge in [-0.1, -0.05) is 0 Å². The second-order valence-electron chi connectivity index (χ2n) is 2.31. The second kappa shape index (κ2) is 3.05. The van der Waals surface area contributed by atoms with Crippen LogP contribution in [0.25, 0.3) is 0 Å². The summed E-state index contributed by atoms with van der Waals surface area (Å²) in [6.45, 7) is 0. The molecule has 1 atom stereocenters. The van der Waals surface area contributed by atoms with Gasteiger partial charge < -0.3 is 5.11 Å². The Labute approximate surface area is 71.6 Å². The highest BCUT2D eigenvalue weighted by Crippen LogP contribution is 2.18. The van der Waals surface area contributed by atoms with Gasteiger partial charge in [-0.15, -0.1) is 0 Å². The van der Waals surface area contributed by atoms with Crippen molar-refractivity contribution in [2.75, 3.05) is 0 Å². The lowest BCUT2D eigenvalue weighted by Crippen LogP contribution is -2.39. The summed E-state index contributed by atoms with van der Waals surface area (Å²) in [6.07, 6.45) is 2.15. The van der Waals surface area contributed by atoms with Crippen LogP contribution >= 0.6 is 0 Å². The average Bonchev–Trinajstić information content (AvgIpc) is 2.09. The molecule has 70 valence electrons. The Morgan fingerprint density at radius 1 is 1.54 bits per heavy atom. The molecule has 0 amide bonds. The third-order valence-electron chi connectivity index (χ3n) is 1.45. The maximum absolute atomic E-state index is 10.8. The van der Waals surface area contributed by atoms with Crippen LogP contribution in [0.1, 0.15) is 0 Å². The van der Waals surface area contributed by atoms with E-state index >= 15 is 0 Å². The highest BCUT2D eigenvalue weighted by Gasteiger charge is 2.39. The number of ketones is 1. The Bertz CT molecular complexity index is 319. The van der Waals surface area contributed by atoms with E-state index in [0.29, 0.717) is 6.08 Å². The van der Waals surface area contributed by atoms with Gasteiger partial charge >= 0.3 is 0 Å². The minimum Gasteiger partial charge on any atom is -0.354 e. The highest BCUT2D eigenvalue weighted by atomic mass is 17.1. The molecule has 0 aromatic rings. The average molecular weight is 187 g/mol. The molecular formula is C6H5NO6. The summed E-state index contributed by atoms with van der Waals surface area (Å²) in [5.41, 5.74) is -0.531. The summed E-state index contributed by atoms with van der Waals surface area (Å²) < 4.78 is 0. The predicted octanol–water partition coefficient (Wildman–Crippen LogP) is -0.536. The Morgan fingerprint density at radius 3 is 2.62 bits per heavy atom. The third kappa shape index (κ3) is 1.61. The third-order valence-corrected chi connectivity index (χ3v) is 1.45. The summed E-state index contributed by atoms with van der Waals surface area (Å²) >= 11 is 0. The van der Waals surface area contributed by atoms with Gasteiger partial charge in [0.2, 0.25) is 5.78 Å². The standard InChI is InChI=1S/C6H5NO6/c8-5-2-1-4(7(10)11)3-6(5,9)13-12/h1-3,9,12H/t6-/m0/s1. The van der Waals surface area contributed by atoms with Gasteiger partial charge in [0, 0.05) is 6.08 Å². The number of carbonyl (C=O) groups is 1. The number of hydrogen-bond donors (Lipinski definition) is 2. The van der Waals surface area contributed by atoms with Crippen molar-refractivity contribution in [3.05, 3.63) is 34.0 Å². The van der Waals surface area contributed by atoms with Crippen LogP contribution in [0.4, 0.5) is 0 Å². The van der Waals surface area contributed by atoms with E-state index in [9.17, 15) is 14.9 Å². The van der Waals surface area contributed by atoms with Crippen molar-refractivity contribution in [3.8, 4) is 0 Å². The fourth-order valence-electron chi connectivity index (χ4n) is 0.785. The predicted molar refractivity (Wildman–Crippen MR) is 37.9 cm³/mol. The van der Waals surface area contributed by atoms with Crippen LogP contribution in [0.3, 0.4) is 0 Å². The number of aliphatic hydroxyl groups is 1. The van der Waals surface area contributed by atoms with Crippen LogP contribution in [0.2, 0.25) is 0 Å². The van der Waals surface area contributed by atoms with Gasteiger partial charge in [0.1, 0.15) is 0 Å². The van der Waals surface area contributed by atoms with Crippen molar-refractivity contribution in [2.24, 2.45) is 0 Å². The Balaban J connectivity index is 3.07. The van der Waals surface area contributed by atoms with Gasteiger partial charge in [-0.05, 0) is 6.08 Å². The first-order valence-corrected chi connectivity index (χ1v) is 3.14. The van der Waals surface area contributed by atoms with E-state index in [1.54, 1.807) is 0 Å². The molecule has 0 heterocycles. The molecule has 7 nitrogen and oxygen atoms in total. The van der Waals surface area contributed by atoms with E-state index in [2.05, 4.69) is 4.89 Å². The van der Waals surface area contributed by atoms with E-state index in [0.717, 1.165) is 12.2 Å². The van der Waals surface area contributed by atoms with Crippen LogP contribution in [0.15, 0.2) is 23.9 Å².